The van der Waals surface area contributed by atoms with Crippen molar-refractivity contribution in [2.24, 2.45) is 11.3 Å². The number of piperidine rings is 1. The van der Waals surface area contributed by atoms with Crippen molar-refractivity contribution in [3.8, 4) is 0 Å². The SMILES string of the molecule is CCC1CNCCC1(C)CC(C)(C)OC. The third-order valence-corrected chi connectivity index (χ3v) is 4.12. The molecule has 1 heterocycles. The zero-order valence-electron chi connectivity index (χ0n) is 11.0. The van der Waals surface area contributed by atoms with Crippen molar-refractivity contribution in [1.29, 1.82) is 0 Å². The van der Waals surface area contributed by atoms with Crippen LogP contribution < -0.4 is 5.32 Å². The topological polar surface area (TPSA) is 21.3 Å². The molecule has 0 aliphatic carbocycles. The van der Waals surface area contributed by atoms with Gasteiger partial charge in [0.2, 0.25) is 0 Å². The van der Waals surface area contributed by atoms with Crippen LogP contribution in [-0.4, -0.2) is 25.8 Å². The Morgan fingerprint density at radius 1 is 1.47 bits per heavy atom. The average Bonchev–Trinajstić information content (AvgIpc) is 2.17. The van der Waals surface area contributed by atoms with Crippen molar-refractivity contribution in [2.45, 2.75) is 52.6 Å². The molecule has 1 aliphatic rings. The molecule has 0 aromatic carbocycles. The summed E-state index contributed by atoms with van der Waals surface area (Å²) >= 11 is 0. The van der Waals surface area contributed by atoms with Gasteiger partial charge in [0.05, 0.1) is 5.60 Å². The lowest BCUT2D eigenvalue weighted by Gasteiger charge is -2.45. The lowest BCUT2D eigenvalue weighted by molar-refractivity contribution is -0.0410. The van der Waals surface area contributed by atoms with Crippen LogP contribution >= 0.6 is 0 Å². The Morgan fingerprint density at radius 3 is 2.67 bits per heavy atom. The molecule has 15 heavy (non-hydrogen) atoms. The van der Waals surface area contributed by atoms with E-state index in [1.54, 1.807) is 0 Å². The second-order valence-corrected chi connectivity index (χ2v) is 5.85. The zero-order valence-corrected chi connectivity index (χ0v) is 11.0. The summed E-state index contributed by atoms with van der Waals surface area (Å²) in [5, 5.41) is 3.50. The van der Waals surface area contributed by atoms with Gasteiger partial charge in [0, 0.05) is 7.11 Å². The molecule has 2 atom stereocenters. The van der Waals surface area contributed by atoms with Gasteiger partial charge in [-0.15, -0.1) is 0 Å². The molecule has 0 aromatic rings. The zero-order chi connectivity index (χ0) is 11.5. The van der Waals surface area contributed by atoms with Gasteiger partial charge in [-0.1, -0.05) is 20.3 Å². The van der Waals surface area contributed by atoms with E-state index in [2.05, 4.69) is 33.0 Å². The highest BCUT2D eigenvalue weighted by molar-refractivity contribution is 4.92. The predicted molar refractivity (Wildman–Crippen MR) is 65.1 cm³/mol. The Bertz CT molecular complexity index is 203. The van der Waals surface area contributed by atoms with E-state index in [0.717, 1.165) is 18.9 Å². The van der Waals surface area contributed by atoms with Gasteiger partial charge >= 0.3 is 0 Å². The summed E-state index contributed by atoms with van der Waals surface area (Å²) in [5.41, 5.74) is 0.457. The minimum absolute atomic E-state index is 0.0134. The van der Waals surface area contributed by atoms with Crippen LogP contribution in [0.4, 0.5) is 0 Å². The lowest BCUT2D eigenvalue weighted by atomic mass is 9.66. The molecule has 1 fully saturated rings. The Balaban J connectivity index is 2.69. The van der Waals surface area contributed by atoms with E-state index in [9.17, 15) is 0 Å². The molecule has 1 aliphatic heterocycles. The van der Waals surface area contributed by atoms with Gasteiger partial charge < -0.3 is 10.1 Å². The summed E-state index contributed by atoms with van der Waals surface area (Å²) in [6.45, 7) is 11.5. The summed E-state index contributed by atoms with van der Waals surface area (Å²) < 4.78 is 5.58. The molecule has 1 N–H and O–H groups in total. The van der Waals surface area contributed by atoms with Gasteiger partial charge in [-0.25, -0.2) is 0 Å². The van der Waals surface area contributed by atoms with E-state index < -0.39 is 0 Å². The van der Waals surface area contributed by atoms with Crippen molar-refractivity contribution in [1.82, 2.24) is 5.32 Å². The molecular formula is C13H27NO. The molecule has 0 bridgehead atoms. The standard InChI is InChI=1S/C13H27NO/c1-6-11-9-14-8-7-13(11,4)10-12(2,3)15-5/h11,14H,6-10H2,1-5H3. The molecule has 0 aromatic heterocycles. The summed E-state index contributed by atoms with van der Waals surface area (Å²) in [4.78, 5) is 0. The van der Waals surface area contributed by atoms with E-state index in [0.29, 0.717) is 5.41 Å². The molecule has 1 saturated heterocycles. The van der Waals surface area contributed by atoms with Crippen molar-refractivity contribution < 1.29 is 4.74 Å². The van der Waals surface area contributed by atoms with Gasteiger partial charge in [-0.2, -0.15) is 0 Å². The molecule has 0 saturated carbocycles. The second-order valence-electron chi connectivity index (χ2n) is 5.85. The Hall–Kier alpha value is -0.0800. The second kappa shape index (κ2) is 4.84. The van der Waals surface area contributed by atoms with Crippen LogP contribution in [0.2, 0.25) is 0 Å². The highest BCUT2D eigenvalue weighted by Gasteiger charge is 2.39. The maximum Gasteiger partial charge on any atom is 0.0628 e. The number of methoxy groups -OCH3 is 1. The van der Waals surface area contributed by atoms with Crippen LogP contribution in [0.25, 0.3) is 0 Å². The van der Waals surface area contributed by atoms with Gasteiger partial charge in [0.15, 0.2) is 0 Å². The summed E-state index contributed by atoms with van der Waals surface area (Å²) in [6, 6.07) is 0. The average molecular weight is 213 g/mol. The Morgan fingerprint density at radius 2 is 2.13 bits per heavy atom. The van der Waals surface area contributed by atoms with Gasteiger partial charge in [-0.3, -0.25) is 0 Å². The predicted octanol–water partition coefficient (Wildman–Crippen LogP) is 2.83. The van der Waals surface area contributed by atoms with E-state index in [1.165, 1.54) is 19.4 Å². The molecule has 2 heteroatoms. The van der Waals surface area contributed by atoms with E-state index in [-0.39, 0.29) is 5.60 Å². The maximum absolute atomic E-state index is 5.58. The van der Waals surface area contributed by atoms with E-state index >= 15 is 0 Å². The van der Waals surface area contributed by atoms with E-state index in [1.807, 2.05) is 7.11 Å². The fourth-order valence-electron chi connectivity index (χ4n) is 3.02. The molecule has 2 unspecified atom stereocenters. The molecule has 90 valence electrons. The quantitative estimate of drug-likeness (QED) is 0.775. The fourth-order valence-corrected chi connectivity index (χ4v) is 3.02. The molecule has 0 amide bonds. The van der Waals surface area contributed by atoms with Crippen molar-refractivity contribution in [2.75, 3.05) is 20.2 Å². The Labute approximate surface area is 94.8 Å². The summed E-state index contributed by atoms with van der Waals surface area (Å²) in [7, 11) is 1.82. The molecular weight excluding hydrogens is 186 g/mol. The minimum Gasteiger partial charge on any atom is -0.379 e. The fraction of sp³-hybridized carbons (Fsp3) is 1.00. The van der Waals surface area contributed by atoms with Crippen LogP contribution in [0.3, 0.4) is 0 Å². The van der Waals surface area contributed by atoms with E-state index in [4.69, 9.17) is 4.74 Å². The highest BCUT2D eigenvalue weighted by atomic mass is 16.5. The van der Waals surface area contributed by atoms with Crippen LogP contribution in [0.1, 0.15) is 47.0 Å². The maximum atomic E-state index is 5.58. The van der Waals surface area contributed by atoms with Gasteiger partial charge in [0.25, 0.3) is 0 Å². The number of hydrogen-bond acceptors (Lipinski definition) is 2. The molecule has 0 spiro atoms. The van der Waals surface area contributed by atoms with Crippen LogP contribution in [0.15, 0.2) is 0 Å². The first-order valence-electron chi connectivity index (χ1n) is 6.19. The third kappa shape index (κ3) is 3.18. The number of rotatable bonds is 4. The van der Waals surface area contributed by atoms with Crippen molar-refractivity contribution in [3.05, 3.63) is 0 Å². The van der Waals surface area contributed by atoms with Gasteiger partial charge in [0.1, 0.15) is 0 Å². The third-order valence-electron chi connectivity index (χ3n) is 4.12. The first-order chi connectivity index (χ1) is 6.93. The minimum atomic E-state index is 0.0134. The van der Waals surface area contributed by atoms with Crippen molar-refractivity contribution in [3.63, 3.8) is 0 Å². The smallest absolute Gasteiger partial charge is 0.0628 e. The number of ether oxygens (including phenoxy) is 1. The highest BCUT2D eigenvalue weighted by Crippen LogP contribution is 2.42. The molecule has 0 radical (unpaired) electrons. The van der Waals surface area contributed by atoms with Crippen LogP contribution in [-0.2, 0) is 4.74 Å². The van der Waals surface area contributed by atoms with Crippen molar-refractivity contribution >= 4 is 0 Å². The normalized spacial score (nSPS) is 33.0. The summed E-state index contributed by atoms with van der Waals surface area (Å²) in [6.07, 6.45) is 3.71. The Kier molecular flexibility index (Phi) is 4.19. The number of nitrogens with one attached hydrogen (secondary N) is 1. The monoisotopic (exact) mass is 213 g/mol. The molecule has 1 rings (SSSR count). The summed E-state index contributed by atoms with van der Waals surface area (Å²) in [5.74, 6) is 0.792. The first kappa shape index (κ1) is 13.0. The van der Waals surface area contributed by atoms with Crippen LogP contribution in [0.5, 0.6) is 0 Å². The van der Waals surface area contributed by atoms with Gasteiger partial charge in [-0.05, 0) is 51.1 Å². The van der Waals surface area contributed by atoms with Crippen LogP contribution in [0, 0.1) is 11.3 Å². The largest absolute Gasteiger partial charge is 0.379 e. The number of hydrogen-bond donors (Lipinski definition) is 1. The molecule has 2 nitrogen and oxygen atoms in total. The lowest BCUT2D eigenvalue weighted by Crippen LogP contribution is -2.46. The first-order valence-corrected chi connectivity index (χ1v) is 6.19.